The maximum atomic E-state index is 11.9. The lowest BCUT2D eigenvalue weighted by atomic mass is 10.1. The van der Waals surface area contributed by atoms with Crippen molar-refractivity contribution in [1.29, 1.82) is 0 Å². The molecule has 0 bridgehead atoms. The zero-order valence-electron chi connectivity index (χ0n) is 9.50. The maximum absolute atomic E-state index is 11.9. The highest BCUT2D eigenvalue weighted by Crippen LogP contribution is 2.22. The topological polar surface area (TPSA) is 29.5 Å². The SMILES string of the molecule is C[C@H](O)c1cccc(OCCCC(F)(F)F)c1. The molecule has 0 radical (unpaired) electrons. The molecule has 0 aromatic heterocycles. The van der Waals surface area contributed by atoms with Crippen LogP contribution in [0, 0.1) is 0 Å². The molecular weight excluding hydrogens is 233 g/mol. The molecule has 0 aliphatic carbocycles. The van der Waals surface area contributed by atoms with Crippen molar-refractivity contribution in [2.45, 2.75) is 32.0 Å². The molecule has 1 atom stereocenters. The van der Waals surface area contributed by atoms with Gasteiger partial charge in [-0.05, 0) is 31.0 Å². The number of aliphatic hydroxyl groups is 1. The summed E-state index contributed by atoms with van der Waals surface area (Å²) >= 11 is 0. The third kappa shape index (κ3) is 5.58. The first-order valence-corrected chi connectivity index (χ1v) is 5.36. The van der Waals surface area contributed by atoms with E-state index in [4.69, 9.17) is 4.74 Å². The summed E-state index contributed by atoms with van der Waals surface area (Å²) in [5, 5.41) is 9.32. The summed E-state index contributed by atoms with van der Waals surface area (Å²) in [5.74, 6) is 0.477. The molecule has 0 saturated heterocycles. The standard InChI is InChI=1S/C12H15F3O2/c1-9(16)10-4-2-5-11(8-10)17-7-3-6-12(13,14)15/h2,4-5,8-9,16H,3,6-7H2,1H3/t9-/m0/s1. The average Bonchev–Trinajstić information content (AvgIpc) is 2.23. The first-order chi connectivity index (χ1) is 7.88. The van der Waals surface area contributed by atoms with E-state index >= 15 is 0 Å². The van der Waals surface area contributed by atoms with E-state index in [9.17, 15) is 18.3 Å². The van der Waals surface area contributed by atoms with Crippen LogP contribution in [0.25, 0.3) is 0 Å². The molecule has 0 heterocycles. The third-order valence-corrected chi connectivity index (χ3v) is 2.21. The molecule has 0 aliphatic heterocycles. The number of rotatable bonds is 5. The van der Waals surface area contributed by atoms with Gasteiger partial charge in [0, 0.05) is 6.42 Å². The minimum absolute atomic E-state index is 0.0166. The molecule has 1 rings (SSSR count). The second-order valence-electron chi connectivity index (χ2n) is 3.82. The predicted octanol–water partition coefficient (Wildman–Crippen LogP) is 3.46. The highest BCUT2D eigenvalue weighted by atomic mass is 19.4. The number of ether oxygens (including phenoxy) is 1. The Balaban J connectivity index is 2.39. The Morgan fingerprint density at radius 2 is 2.06 bits per heavy atom. The largest absolute Gasteiger partial charge is 0.494 e. The van der Waals surface area contributed by atoms with Crippen LogP contribution in [-0.2, 0) is 0 Å². The van der Waals surface area contributed by atoms with Gasteiger partial charge in [-0.1, -0.05) is 12.1 Å². The van der Waals surface area contributed by atoms with Crippen molar-refractivity contribution in [2.75, 3.05) is 6.61 Å². The van der Waals surface area contributed by atoms with E-state index in [-0.39, 0.29) is 13.0 Å². The van der Waals surface area contributed by atoms with Crippen molar-refractivity contribution >= 4 is 0 Å². The van der Waals surface area contributed by atoms with Crippen molar-refractivity contribution in [3.8, 4) is 5.75 Å². The smallest absolute Gasteiger partial charge is 0.389 e. The molecule has 0 amide bonds. The van der Waals surface area contributed by atoms with Gasteiger partial charge in [-0.2, -0.15) is 13.2 Å². The van der Waals surface area contributed by atoms with Crippen LogP contribution in [0.5, 0.6) is 5.75 Å². The lowest BCUT2D eigenvalue weighted by Crippen LogP contribution is -2.09. The minimum atomic E-state index is -4.13. The van der Waals surface area contributed by atoms with Crippen LogP contribution in [0.3, 0.4) is 0 Å². The van der Waals surface area contributed by atoms with Gasteiger partial charge in [-0.3, -0.25) is 0 Å². The van der Waals surface area contributed by atoms with Crippen molar-refractivity contribution < 1.29 is 23.0 Å². The monoisotopic (exact) mass is 248 g/mol. The summed E-state index contributed by atoms with van der Waals surface area (Å²) in [6.07, 6.45) is -5.66. The van der Waals surface area contributed by atoms with Gasteiger partial charge >= 0.3 is 6.18 Å². The van der Waals surface area contributed by atoms with E-state index in [0.717, 1.165) is 0 Å². The van der Waals surface area contributed by atoms with Crippen molar-refractivity contribution in [3.63, 3.8) is 0 Å². The average molecular weight is 248 g/mol. The Bertz CT molecular complexity index is 348. The maximum Gasteiger partial charge on any atom is 0.389 e. The molecule has 96 valence electrons. The van der Waals surface area contributed by atoms with Crippen LogP contribution in [0.4, 0.5) is 13.2 Å². The highest BCUT2D eigenvalue weighted by Gasteiger charge is 2.26. The van der Waals surface area contributed by atoms with Gasteiger partial charge in [-0.25, -0.2) is 0 Å². The Morgan fingerprint density at radius 1 is 1.35 bits per heavy atom. The third-order valence-electron chi connectivity index (χ3n) is 2.21. The van der Waals surface area contributed by atoms with Gasteiger partial charge in [0.05, 0.1) is 12.7 Å². The van der Waals surface area contributed by atoms with Crippen LogP contribution in [0.1, 0.15) is 31.4 Å². The Morgan fingerprint density at radius 3 is 2.65 bits per heavy atom. The number of halogens is 3. The molecule has 1 N–H and O–H groups in total. The molecule has 17 heavy (non-hydrogen) atoms. The first-order valence-electron chi connectivity index (χ1n) is 5.36. The van der Waals surface area contributed by atoms with Gasteiger partial charge in [0.2, 0.25) is 0 Å². The Labute approximate surface area is 98.0 Å². The molecule has 0 spiro atoms. The van der Waals surface area contributed by atoms with E-state index in [1.54, 1.807) is 31.2 Å². The molecule has 5 heteroatoms. The van der Waals surface area contributed by atoms with E-state index < -0.39 is 18.7 Å². The van der Waals surface area contributed by atoms with Crippen molar-refractivity contribution in [3.05, 3.63) is 29.8 Å². The van der Waals surface area contributed by atoms with Gasteiger partial charge < -0.3 is 9.84 Å². The summed E-state index contributed by atoms with van der Waals surface area (Å²) in [6.45, 7) is 1.63. The quantitative estimate of drug-likeness (QED) is 0.808. The molecule has 1 aromatic rings. The van der Waals surface area contributed by atoms with Gasteiger partial charge in [0.25, 0.3) is 0 Å². The van der Waals surface area contributed by atoms with E-state index in [1.165, 1.54) is 0 Å². The minimum Gasteiger partial charge on any atom is -0.494 e. The summed E-state index contributed by atoms with van der Waals surface area (Å²) in [4.78, 5) is 0. The van der Waals surface area contributed by atoms with E-state index in [1.807, 2.05) is 0 Å². The first kappa shape index (κ1) is 13.8. The molecule has 0 saturated carbocycles. The number of hydrogen-bond donors (Lipinski definition) is 1. The van der Waals surface area contributed by atoms with Crippen molar-refractivity contribution in [2.24, 2.45) is 0 Å². The fourth-order valence-corrected chi connectivity index (χ4v) is 1.33. The number of hydrogen-bond acceptors (Lipinski definition) is 2. The lowest BCUT2D eigenvalue weighted by Gasteiger charge is -2.10. The van der Waals surface area contributed by atoms with Crippen LogP contribution in [0.15, 0.2) is 24.3 Å². The molecule has 0 aliphatic rings. The molecule has 1 aromatic carbocycles. The number of benzene rings is 1. The molecular formula is C12H15F3O2. The van der Waals surface area contributed by atoms with E-state index in [2.05, 4.69) is 0 Å². The van der Waals surface area contributed by atoms with Gasteiger partial charge in [0.15, 0.2) is 0 Å². The normalized spacial score (nSPS) is 13.5. The highest BCUT2D eigenvalue weighted by molar-refractivity contribution is 5.29. The zero-order valence-corrected chi connectivity index (χ0v) is 9.50. The Kier molecular flexibility index (Phi) is 4.81. The molecule has 0 unspecified atom stereocenters. The summed E-state index contributed by atoms with van der Waals surface area (Å²) in [7, 11) is 0. The fraction of sp³-hybridized carbons (Fsp3) is 0.500. The summed E-state index contributed by atoms with van der Waals surface area (Å²) in [6, 6.07) is 6.70. The second-order valence-corrected chi connectivity index (χ2v) is 3.82. The lowest BCUT2D eigenvalue weighted by molar-refractivity contribution is -0.136. The predicted molar refractivity (Wildman–Crippen MR) is 57.9 cm³/mol. The molecule has 0 fully saturated rings. The van der Waals surface area contributed by atoms with Gasteiger partial charge in [-0.15, -0.1) is 0 Å². The second kappa shape index (κ2) is 5.91. The van der Waals surface area contributed by atoms with Crippen LogP contribution >= 0.6 is 0 Å². The Hall–Kier alpha value is -1.23. The van der Waals surface area contributed by atoms with E-state index in [0.29, 0.717) is 11.3 Å². The van der Waals surface area contributed by atoms with Crippen LogP contribution in [-0.4, -0.2) is 17.9 Å². The van der Waals surface area contributed by atoms with Crippen LogP contribution < -0.4 is 4.74 Å². The van der Waals surface area contributed by atoms with Crippen LogP contribution in [0.2, 0.25) is 0 Å². The number of aliphatic hydroxyl groups excluding tert-OH is 1. The number of alkyl halides is 3. The molecule has 2 nitrogen and oxygen atoms in total. The van der Waals surface area contributed by atoms with Gasteiger partial charge in [0.1, 0.15) is 5.75 Å². The summed E-state index contributed by atoms with van der Waals surface area (Å²) in [5.41, 5.74) is 0.679. The zero-order chi connectivity index (χ0) is 12.9. The fourth-order valence-electron chi connectivity index (χ4n) is 1.33. The van der Waals surface area contributed by atoms with Crippen molar-refractivity contribution in [1.82, 2.24) is 0 Å². The summed E-state index contributed by atoms with van der Waals surface area (Å²) < 4.78 is 40.8.